The van der Waals surface area contributed by atoms with Crippen LogP contribution in [-0.2, 0) is 4.74 Å². The Kier molecular flexibility index (Phi) is 3.57. The summed E-state index contributed by atoms with van der Waals surface area (Å²) in [7, 11) is 0. The van der Waals surface area contributed by atoms with Gasteiger partial charge in [-0.05, 0) is 31.0 Å². The number of hydrogen-bond acceptors (Lipinski definition) is 4. The van der Waals surface area contributed by atoms with Crippen molar-refractivity contribution in [2.45, 2.75) is 19.9 Å². The first-order chi connectivity index (χ1) is 11.6. The van der Waals surface area contributed by atoms with Gasteiger partial charge in [-0.2, -0.15) is 5.10 Å². The fourth-order valence-electron chi connectivity index (χ4n) is 3.13. The van der Waals surface area contributed by atoms with Gasteiger partial charge in [-0.1, -0.05) is 6.07 Å². The molecular formula is C17H19N5O2. The molecule has 7 nitrogen and oxygen atoms in total. The van der Waals surface area contributed by atoms with Crippen LogP contribution >= 0.6 is 0 Å². The van der Waals surface area contributed by atoms with Crippen LogP contribution in [0.2, 0.25) is 0 Å². The van der Waals surface area contributed by atoms with Crippen molar-refractivity contribution in [3.8, 4) is 0 Å². The summed E-state index contributed by atoms with van der Waals surface area (Å²) >= 11 is 0. The second-order valence-electron chi connectivity index (χ2n) is 6.15. The van der Waals surface area contributed by atoms with E-state index in [1.165, 1.54) is 0 Å². The monoisotopic (exact) mass is 325 g/mol. The summed E-state index contributed by atoms with van der Waals surface area (Å²) in [4.78, 5) is 19.3. The molecule has 1 N–H and O–H groups in total. The third kappa shape index (κ3) is 2.46. The molecule has 0 aliphatic carbocycles. The summed E-state index contributed by atoms with van der Waals surface area (Å²) in [6.07, 6.45) is 5.52. The van der Waals surface area contributed by atoms with Crippen molar-refractivity contribution in [3.63, 3.8) is 0 Å². The summed E-state index contributed by atoms with van der Waals surface area (Å²) in [5.74, 6) is -0.0846. The van der Waals surface area contributed by atoms with Gasteiger partial charge >= 0.3 is 0 Å². The van der Waals surface area contributed by atoms with Crippen LogP contribution in [0.5, 0.6) is 0 Å². The average molecular weight is 325 g/mol. The normalized spacial score (nSPS) is 18.2. The second-order valence-corrected chi connectivity index (χ2v) is 6.15. The summed E-state index contributed by atoms with van der Waals surface area (Å²) in [6, 6.07) is 3.74. The van der Waals surface area contributed by atoms with Crippen LogP contribution in [0.15, 0.2) is 30.7 Å². The Morgan fingerprint density at radius 3 is 3.00 bits per heavy atom. The molecule has 1 fully saturated rings. The number of rotatable bonds is 2. The van der Waals surface area contributed by atoms with Gasteiger partial charge in [0.1, 0.15) is 11.3 Å². The van der Waals surface area contributed by atoms with E-state index in [4.69, 9.17) is 4.74 Å². The molecule has 1 amide bonds. The molecule has 0 radical (unpaired) electrons. The number of nitrogens with one attached hydrogen (secondary N) is 1. The number of aromatic amines is 1. The number of carbonyl (C=O) groups is 1. The largest absolute Gasteiger partial charge is 0.377 e. The average Bonchev–Trinajstić information content (AvgIpc) is 3.19. The van der Waals surface area contributed by atoms with Crippen molar-refractivity contribution >= 4 is 11.6 Å². The van der Waals surface area contributed by atoms with E-state index in [9.17, 15) is 4.79 Å². The fourth-order valence-corrected chi connectivity index (χ4v) is 3.13. The van der Waals surface area contributed by atoms with Gasteiger partial charge in [0.05, 0.1) is 31.1 Å². The maximum Gasteiger partial charge on any atom is 0.274 e. The number of amides is 1. The predicted molar refractivity (Wildman–Crippen MR) is 87.9 cm³/mol. The molecule has 0 bridgehead atoms. The maximum atomic E-state index is 13.0. The first-order valence-corrected chi connectivity index (χ1v) is 7.97. The van der Waals surface area contributed by atoms with Crippen LogP contribution in [0.1, 0.15) is 33.4 Å². The highest BCUT2D eigenvalue weighted by molar-refractivity contribution is 5.93. The highest BCUT2D eigenvalue weighted by Gasteiger charge is 2.32. The zero-order valence-corrected chi connectivity index (χ0v) is 13.7. The molecular weight excluding hydrogens is 306 g/mol. The van der Waals surface area contributed by atoms with Crippen LogP contribution < -0.4 is 0 Å². The summed E-state index contributed by atoms with van der Waals surface area (Å²) < 4.78 is 7.47. The molecule has 0 spiro atoms. The number of hydrogen-bond donors (Lipinski definition) is 1. The van der Waals surface area contributed by atoms with Gasteiger partial charge in [0, 0.05) is 18.9 Å². The molecule has 0 aromatic carbocycles. The van der Waals surface area contributed by atoms with Gasteiger partial charge in [-0.3, -0.25) is 9.89 Å². The number of nitrogens with zero attached hydrogens (tertiary/aromatic N) is 4. The van der Waals surface area contributed by atoms with Crippen LogP contribution in [0.3, 0.4) is 0 Å². The van der Waals surface area contributed by atoms with Gasteiger partial charge in [-0.25, -0.2) is 4.98 Å². The predicted octanol–water partition coefficient (Wildman–Crippen LogP) is 1.89. The summed E-state index contributed by atoms with van der Waals surface area (Å²) in [5, 5.41) is 7.07. The number of fused-ring (bicyclic) bond motifs is 1. The number of morpholine rings is 1. The van der Waals surface area contributed by atoms with E-state index in [-0.39, 0.29) is 11.9 Å². The summed E-state index contributed by atoms with van der Waals surface area (Å²) in [5.41, 5.74) is 4.28. The molecule has 1 aliphatic rings. The Labute approximate surface area is 139 Å². The highest BCUT2D eigenvalue weighted by atomic mass is 16.5. The summed E-state index contributed by atoms with van der Waals surface area (Å²) in [6.45, 7) is 5.52. The molecule has 3 aromatic heterocycles. The van der Waals surface area contributed by atoms with Crippen LogP contribution in [0, 0.1) is 13.8 Å². The molecule has 7 heteroatoms. The minimum absolute atomic E-state index is 0.0846. The minimum Gasteiger partial charge on any atom is -0.377 e. The van der Waals surface area contributed by atoms with Gasteiger partial charge < -0.3 is 14.0 Å². The van der Waals surface area contributed by atoms with Gasteiger partial charge in [0.15, 0.2) is 0 Å². The molecule has 24 heavy (non-hydrogen) atoms. The van der Waals surface area contributed by atoms with E-state index in [1.807, 2.05) is 41.5 Å². The molecule has 0 saturated carbocycles. The third-order valence-corrected chi connectivity index (χ3v) is 4.41. The number of ether oxygens (including phenoxy) is 1. The van der Waals surface area contributed by atoms with Crippen molar-refractivity contribution in [1.29, 1.82) is 0 Å². The Balaban J connectivity index is 1.69. The number of aryl methyl sites for hydroxylation is 2. The van der Waals surface area contributed by atoms with E-state index >= 15 is 0 Å². The number of imidazole rings is 1. The Hall–Kier alpha value is -2.67. The Bertz CT molecular complexity index is 897. The zero-order chi connectivity index (χ0) is 16.7. The molecule has 1 unspecified atom stereocenters. The van der Waals surface area contributed by atoms with Gasteiger partial charge in [0.25, 0.3) is 5.91 Å². The lowest BCUT2D eigenvalue weighted by molar-refractivity contribution is -0.00434. The van der Waals surface area contributed by atoms with Gasteiger partial charge in [0.2, 0.25) is 0 Å². The molecule has 4 rings (SSSR count). The third-order valence-electron chi connectivity index (χ3n) is 4.41. The lowest BCUT2D eigenvalue weighted by Gasteiger charge is -2.34. The molecule has 124 valence electrons. The van der Waals surface area contributed by atoms with E-state index in [0.29, 0.717) is 25.5 Å². The lowest BCUT2D eigenvalue weighted by Crippen LogP contribution is -2.44. The minimum atomic E-state index is -0.166. The van der Waals surface area contributed by atoms with Crippen LogP contribution in [-0.4, -0.2) is 50.1 Å². The van der Waals surface area contributed by atoms with E-state index in [0.717, 1.165) is 22.5 Å². The van der Waals surface area contributed by atoms with Crippen molar-refractivity contribution in [2.24, 2.45) is 0 Å². The van der Waals surface area contributed by atoms with Crippen molar-refractivity contribution in [2.75, 3.05) is 19.8 Å². The number of aromatic nitrogens is 4. The fraction of sp³-hybridized carbons (Fsp3) is 0.353. The quantitative estimate of drug-likeness (QED) is 0.781. The second kappa shape index (κ2) is 5.76. The highest BCUT2D eigenvalue weighted by Crippen LogP contribution is 2.26. The van der Waals surface area contributed by atoms with Crippen LogP contribution in [0.4, 0.5) is 0 Å². The number of H-pyrrole nitrogens is 1. The van der Waals surface area contributed by atoms with Crippen molar-refractivity contribution in [1.82, 2.24) is 24.5 Å². The molecule has 4 heterocycles. The molecule has 1 saturated heterocycles. The Morgan fingerprint density at radius 1 is 1.33 bits per heavy atom. The van der Waals surface area contributed by atoms with Crippen LogP contribution in [0.25, 0.3) is 5.65 Å². The smallest absolute Gasteiger partial charge is 0.274 e. The first-order valence-electron chi connectivity index (χ1n) is 7.97. The number of pyridine rings is 1. The van der Waals surface area contributed by atoms with E-state index < -0.39 is 0 Å². The first kappa shape index (κ1) is 14.9. The SMILES string of the molecule is Cc1ccc2nc(C(=O)N3CCOCC3c3[nH]ncc3C)cn2c1. The lowest BCUT2D eigenvalue weighted by atomic mass is 10.1. The molecule has 1 atom stereocenters. The Morgan fingerprint density at radius 2 is 2.21 bits per heavy atom. The maximum absolute atomic E-state index is 13.0. The van der Waals surface area contributed by atoms with E-state index in [2.05, 4.69) is 15.2 Å². The van der Waals surface area contributed by atoms with Crippen molar-refractivity contribution in [3.05, 3.63) is 53.2 Å². The van der Waals surface area contributed by atoms with Gasteiger partial charge in [-0.15, -0.1) is 0 Å². The number of carbonyl (C=O) groups excluding carboxylic acids is 1. The van der Waals surface area contributed by atoms with E-state index in [1.54, 1.807) is 12.4 Å². The zero-order valence-electron chi connectivity index (χ0n) is 13.7. The topological polar surface area (TPSA) is 75.5 Å². The van der Waals surface area contributed by atoms with Crippen molar-refractivity contribution < 1.29 is 9.53 Å². The molecule has 1 aliphatic heterocycles. The standard InChI is InChI=1S/C17H19N5O2/c1-11-3-4-15-19-13(9-21(15)8-11)17(23)22-5-6-24-10-14(22)16-12(2)7-18-20-16/h3-4,7-9,14H,5-6,10H2,1-2H3,(H,18,20). The molecule has 3 aromatic rings.